The van der Waals surface area contributed by atoms with Gasteiger partial charge in [-0.15, -0.1) is 11.3 Å². The number of methoxy groups -OCH3 is 1. The van der Waals surface area contributed by atoms with Crippen molar-refractivity contribution >= 4 is 40.6 Å². The molecule has 0 unspecified atom stereocenters. The highest BCUT2D eigenvalue weighted by molar-refractivity contribution is 7.13. The van der Waals surface area contributed by atoms with Crippen LogP contribution in [-0.4, -0.2) is 35.3 Å². The van der Waals surface area contributed by atoms with Crippen LogP contribution in [0.15, 0.2) is 84.4 Å². The Morgan fingerprint density at radius 3 is 2.39 bits per heavy atom. The van der Waals surface area contributed by atoms with Crippen molar-refractivity contribution in [3.8, 4) is 16.3 Å². The minimum atomic E-state index is -0.268. The molecule has 0 spiro atoms. The van der Waals surface area contributed by atoms with E-state index in [1.54, 1.807) is 41.7 Å². The van der Waals surface area contributed by atoms with Gasteiger partial charge in [0.1, 0.15) is 12.3 Å². The molecule has 2 aromatic carbocycles. The lowest BCUT2D eigenvalue weighted by Gasteiger charge is -2.06. The number of carbonyl (C=O) groups excluding carboxylic acids is 2. The van der Waals surface area contributed by atoms with Crippen LogP contribution in [0.25, 0.3) is 22.3 Å². The molecule has 0 saturated carbocycles. The third kappa shape index (κ3) is 5.82. The molecule has 0 fully saturated rings. The van der Waals surface area contributed by atoms with Crippen LogP contribution in [0.5, 0.6) is 0 Å². The summed E-state index contributed by atoms with van der Waals surface area (Å²) in [7, 11) is 1.46. The zero-order valence-electron chi connectivity index (χ0n) is 17.9. The molecule has 2 heterocycles. The first-order chi connectivity index (χ1) is 16.1. The summed E-state index contributed by atoms with van der Waals surface area (Å²) in [5, 5.41) is 12.3. The highest BCUT2D eigenvalue weighted by Gasteiger charge is 2.12. The van der Waals surface area contributed by atoms with Crippen LogP contribution in [0.4, 0.5) is 11.4 Å². The molecule has 4 aromatic rings. The van der Waals surface area contributed by atoms with Gasteiger partial charge >= 0.3 is 0 Å². The van der Waals surface area contributed by atoms with Gasteiger partial charge < -0.3 is 15.4 Å². The molecule has 2 amide bonds. The Labute approximate surface area is 195 Å². The monoisotopic (exact) mass is 458 g/mol. The standard InChI is InChI=1S/C25H22N4O3S/c1-32-17-24(31)27-20-12-10-19(11-13-20)26-23(30)14-9-18-16-29(21-6-3-2-4-7-21)28-25(18)22-8-5-15-33-22/h2-16H,17H2,1H3,(H,26,30)(H,27,31)/b14-9+. The number of aromatic nitrogens is 2. The maximum Gasteiger partial charge on any atom is 0.250 e. The Kier molecular flexibility index (Phi) is 7.09. The molecule has 0 aliphatic heterocycles. The average Bonchev–Trinajstić information content (AvgIpc) is 3.50. The van der Waals surface area contributed by atoms with Crippen LogP contribution in [0.3, 0.4) is 0 Å². The molecule has 2 aromatic heterocycles. The van der Waals surface area contributed by atoms with E-state index in [-0.39, 0.29) is 18.4 Å². The Morgan fingerprint density at radius 1 is 1.00 bits per heavy atom. The summed E-state index contributed by atoms with van der Waals surface area (Å²) in [6, 6.07) is 20.7. The van der Waals surface area contributed by atoms with Crippen LogP contribution < -0.4 is 10.6 Å². The molecule has 0 aliphatic carbocycles. The summed E-state index contributed by atoms with van der Waals surface area (Å²) in [4.78, 5) is 25.1. The minimum absolute atomic E-state index is 0.0163. The maximum absolute atomic E-state index is 12.5. The van der Waals surface area contributed by atoms with Crippen molar-refractivity contribution in [1.29, 1.82) is 0 Å². The Balaban J connectivity index is 1.47. The van der Waals surface area contributed by atoms with Crippen molar-refractivity contribution < 1.29 is 14.3 Å². The summed E-state index contributed by atoms with van der Waals surface area (Å²) in [6.07, 6.45) is 5.15. The van der Waals surface area contributed by atoms with E-state index in [0.717, 1.165) is 21.8 Å². The highest BCUT2D eigenvalue weighted by Crippen LogP contribution is 2.28. The smallest absolute Gasteiger partial charge is 0.250 e. The predicted molar refractivity (Wildman–Crippen MR) is 131 cm³/mol. The molecule has 8 heteroatoms. The van der Waals surface area contributed by atoms with E-state index >= 15 is 0 Å². The summed E-state index contributed by atoms with van der Waals surface area (Å²) < 4.78 is 6.60. The van der Waals surface area contributed by atoms with Crippen LogP contribution in [0.2, 0.25) is 0 Å². The van der Waals surface area contributed by atoms with Gasteiger partial charge in [0, 0.05) is 36.3 Å². The van der Waals surface area contributed by atoms with Crippen LogP contribution in [0.1, 0.15) is 5.56 Å². The van der Waals surface area contributed by atoms with Gasteiger partial charge in [0.2, 0.25) is 11.8 Å². The van der Waals surface area contributed by atoms with E-state index < -0.39 is 0 Å². The van der Waals surface area contributed by atoms with Crippen molar-refractivity contribution in [3.05, 3.63) is 89.9 Å². The molecule has 7 nitrogen and oxygen atoms in total. The molecule has 0 radical (unpaired) electrons. The van der Waals surface area contributed by atoms with Crippen LogP contribution >= 0.6 is 11.3 Å². The van der Waals surface area contributed by atoms with Crippen molar-refractivity contribution in [3.63, 3.8) is 0 Å². The van der Waals surface area contributed by atoms with Gasteiger partial charge in [0.25, 0.3) is 0 Å². The van der Waals surface area contributed by atoms with E-state index in [1.165, 1.54) is 13.2 Å². The van der Waals surface area contributed by atoms with Crippen molar-refractivity contribution in [1.82, 2.24) is 9.78 Å². The lowest BCUT2D eigenvalue weighted by atomic mass is 10.2. The molecule has 4 rings (SSSR count). The predicted octanol–water partition coefficient (Wildman–Crippen LogP) is 4.84. The van der Waals surface area contributed by atoms with Gasteiger partial charge in [-0.3, -0.25) is 9.59 Å². The van der Waals surface area contributed by atoms with Crippen LogP contribution in [-0.2, 0) is 14.3 Å². The number of amides is 2. The molecular formula is C25H22N4O3S. The first kappa shape index (κ1) is 22.2. The van der Waals surface area contributed by atoms with Crippen molar-refractivity contribution in [2.24, 2.45) is 0 Å². The largest absolute Gasteiger partial charge is 0.375 e. The SMILES string of the molecule is COCC(=O)Nc1ccc(NC(=O)/C=C/c2cn(-c3ccccc3)nc2-c2cccs2)cc1. The fraction of sp³-hybridized carbons (Fsp3) is 0.0800. The number of hydrogen-bond donors (Lipinski definition) is 2. The highest BCUT2D eigenvalue weighted by atomic mass is 32.1. The number of nitrogens with one attached hydrogen (secondary N) is 2. The molecule has 33 heavy (non-hydrogen) atoms. The lowest BCUT2D eigenvalue weighted by Crippen LogP contribution is -2.17. The second-order valence-corrected chi connectivity index (χ2v) is 8.02. The van der Waals surface area contributed by atoms with Gasteiger partial charge in [-0.2, -0.15) is 5.10 Å². The fourth-order valence-corrected chi connectivity index (χ4v) is 3.87. The summed E-state index contributed by atoms with van der Waals surface area (Å²) >= 11 is 1.60. The topological polar surface area (TPSA) is 85.3 Å². The van der Waals surface area contributed by atoms with E-state index in [1.807, 2.05) is 58.7 Å². The quantitative estimate of drug-likeness (QED) is 0.370. The Hall–Kier alpha value is -4.01. The van der Waals surface area contributed by atoms with Gasteiger partial charge in [0.15, 0.2) is 0 Å². The van der Waals surface area contributed by atoms with Gasteiger partial charge in [0.05, 0.1) is 10.6 Å². The zero-order valence-corrected chi connectivity index (χ0v) is 18.7. The van der Waals surface area contributed by atoms with E-state index in [9.17, 15) is 9.59 Å². The number of benzene rings is 2. The molecule has 0 atom stereocenters. The fourth-order valence-electron chi connectivity index (χ4n) is 3.14. The second-order valence-electron chi connectivity index (χ2n) is 7.07. The first-order valence-corrected chi connectivity index (χ1v) is 11.1. The minimum Gasteiger partial charge on any atom is -0.375 e. The third-order valence-corrected chi connectivity index (χ3v) is 5.52. The summed E-state index contributed by atoms with van der Waals surface area (Å²) in [5.41, 5.74) is 3.84. The molecule has 0 saturated heterocycles. The number of hydrogen-bond acceptors (Lipinski definition) is 5. The molecular weight excluding hydrogens is 436 g/mol. The van der Waals surface area contributed by atoms with E-state index in [0.29, 0.717) is 11.4 Å². The number of carbonyl (C=O) groups is 2. The second kappa shape index (κ2) is 10.5. The van der Waals surface area contributed by atoms with Gasteiger partial charge in [-0.25, -0.2) is 4.68 Å². The average molecular weight is 459 g/mol. The molecule has 2 N–H and O–H groups in total. The molecule has 166 valence electrons. The van der Waals surface area contributed by atoms with Crippen molar-refractivity contribution in [2.75, 3.05) is 24.4 Å². The Morgan fingerprint density at radius 2 is 1.73 bits per heavy atom. The van der Waals surface area contributed by atoms with E-state index in [4.69, 9.17) is 9.84 Å². The zero-order chi connectivity index (χ0) is 23.0. The Bertz CT molecular complexity index is 1250. The van der Waals surface area contributed by atoms with Gasteiger partial charge in [-0.05, 0) is 53.9 Å². The van der Waals surface area contributed by atoms with Crippen LogP contribution in [0, 0.1) is 0 Å². The number of anilines is 2. The maximum atomic E-state index is 12.5. The molecule has 0 bridgehead atoms. The molecule has 0 aliphatic rings. The first-order valence-electron chi connectivity index (χ1n) is 10.2. The van der Waals surface area contributed by atoms with Gasteiger partial charge in [-0.1, -0.05) is 24.3 Å². The normalized spacial score (nSPS) is 10.9. The summed E-state index contributed by atoms with van der Waals surface area (Å²) in [6.45, 7) is -0.0163. The van der Waals surface area contributed by atoms with E-state index in [2.05, 4.69) is 10.6 Å². The van der Waals surface area contributed by atoms with Crippen molar-refractivity contribution in [2.45, 2.75) is 0 Å². The number of para-hydroxylation sites is 1. The number of rotatable bonds is 8. The summed E-state index contributed by atoms with van der Waals surface area (Å²) in [5.74, 6) is -0.509. The number of ether oxygens (including phenoxy) is 1. The number of thiophene rings is 1. The lowest BCUT2D eigenvalue weighted by molar-refractivity contribution is -0.119. The number of nitrogens with zero attached hydrogens (tertiary/aromatic N) is 2. The third-order valence-electron chi connectivity index (χ3n) is 4.64.